The Labute approximate surface area is 155 Å². The van der Waals surface area contributed by atoms with Gasteiger partial charge in [-0.15, -0.1) is 0 Å². The fraction of sp³-hybridized carbons (Fsp3) is 0.810. The van der Waals surface area contributed by atoms with E-state index in [-0.39, 0.29) is 28.8 Å². The first kappa shape index (κ1) is 18.0. The highest BCUT2D eigenvalue weighted by Gasteiger charge is 2.62. The molecular weight excluding hydrogens is 333 g/mol. The molecule has 3 aliphatic carbocycles. The second-order valence-corrected chi connectivity index (χ2v) is 9.44. The van der Waals surface area contributed by atoms with Gasteiger partial charge < -0.3 is 9.64 Å². The lowest BCUT2D eigenvalue weighted by atomic mass is 9.47. The van der Waals surface area contributed by atoms with Gasteiger partial charge in [-0.3, -0.25) is 9.59 Å². The van der Waals surface area contributed by atoms with Crippen molar-refractivity contribution in [1.29, 1.82) is 0 Å². The molecule has 0 bridgehead atoms. The molecule has 4 aliphatic rings. The van der Waals surface area contributed by atoms with Crippen LogP contribution in [-0.2, 0) is 14.3 Å². The topological polar surface area (TPSA) is 46.6 Å². The molecule has 5 heteroatoms. The van der Waals surface area contributed by atoms with E-state index in [9.17, 15) is 14.0 Å². The second-order valence-electron chi connectivity index (χ2n) is 9.44. The molecule has 0 spiro atoms. The molecule has 4 nitrogen and oxygen atoms in total. The molecule has 0 N–H and O–H groups in total. The molecule has 0 aromatic rings. The van der Waals surface area contributed by atoms with E-state index in [1.54, 1.807) is 18.0 Å². The zero-order chi connectivity index (χ0) is 18.9. The van der Waals surface area contributed by atoms with Gasteiger partial charge in [0.25, 0.3) is 5.91 Å². The minimum absolute atomic E-state index is 0.00387. The van der Waals surface area contributed by atoms with E-state index >= 15 is 0 Å². The quantitative estimate of drug-likeness (QED) is 0.667. The summed E-state index contributed by atoms with van der Waals surface area (Å²) in [7, 11) is 3.23. The summed E-state index contributed by atoms with van der Waals surface area (Å²) in [6.07, 6.45) is 7.54. The molecule has 1 heterocycles. The molecule has 0 aromatic heterocycles. The third-order valence-corrected chi connectivity index (χ3v) is 8.64. The SMILES string of the molecule is COC(=O)C1CCC2C3CCC4N(C)C(=O)C(F)=CC4(C)C3CCC12C. The van der Waals surface area contributed by atoms with Crippen LogP contribution >= 0.6 is 0 Å². The summed E-state index contributed by atoms with van der Waals surface area (Å²) in [5, 5.41) is 0. The Morgan fingerprint density at radius 3 is 2.62 bits per heavy atom. The number of rotatable bonds is 1. The predicted molar refractivity (Wildman–Crippen MR) is 95.6 cm³/mol. The third kappa shape index (κ3) is 2.18. The second kappa shape index (κ2) is 5.80. The Balaban J connectivity index is 1.68. The largest absolute Gasteiger partial charge is 0.469 e. The fourth-order valence-electron chi connectivity index (χ4n) is 7.36. The maximum absolute atomic E-state index is 14.4. The van der Waals surface area contributed by atoms with E-state index in [1.807, 2.05) is 0 Å². The van der Waals surface area contributed by atoms with Gasteiger partial charge in [-0.25, -0.2) is 4.39 Å². The summed E-state index contributed by atoms with van der Waals surface area (Å²) in [5.74, 6) is 0.210. The molecule has 3 fully saturated rings. The number of hydrogen-bond donors (Lipinski definition) is 0. The van der Waals surface area contributed by atoms with Crippen LogP contribution in [0.2, 0.25) is 0 Å². The van der Waals surface area contributed by atoms with E-state index in [0.717, 1.165) is 38.5 Å². The van der Waals surface area contributed by atoms with Crippen LogP contribution in [0.1, 0.15) is 52.4 Å². The van der Waals surface area contributed by atoms with E-state index in [4.69, 9.17) is 4.74 Å². The Morgan fingerprint density at radius 1 is 1.19 bits per heavy atom. The first-order valence-electron chi connectivity index (χ1n) is 9.97. The molecule has 7 unspecified atom stereocenters. The third-order valence-electron chi connectivity index (χ3n) is 8.64. The number of ether oxygens (including phenoxy) is 1. The summed E-state index contributed by atoms with van der Waals surface area (Å²) in [4.78, 5) is 26.1. The van der Waals surface area contributed by atoms with Crippen LogP contribution in [0, 0.1) is 34.5 Å². The molecule has 26 heavy (non-hydrogen) atoms. The summed E-state index contributed by atoms with van der Waals surface area (Å²) in [5.41, 5.74) is -0.309. The van der Waals surface area contributed by atoms with E-state index in [0.29, 0.717) is 17.8 Å². The average molecular weight is 363 g/mol. The predicted octanol–water partition coefficient (Wildman–Crippen LogP) is 3.71. The van der Waals surface area contributed by atoms with Crippen LogP contribution in [0.15, 0.2) is 11.9 Å². The van der Waals surface area contributed by atoms with Gasteiger partial charge in [-0.2, -0.15) is 0 Å². The molecule has 1 aliphatic heterocycles. The Kier molecular flexibility index (Phi) is 4.02. The fourth-order valence-corrected chi connectivity index (χ4v) is 7.36. The van der Waals surface area contributed by atoms with Crippen molar-refractivity contribution in [3.05, 3.63) is 11.9 Å². The maximum Gasteiger partial charge on any atom is 0.309 e. The highest BCUT2D eigenvalue weighted by atomic mass is 19.1. The summed E-state index contributed by atoms with van der Waals surface area (Å²) in [6.45, 7) is 4.41. The average Bonchev–Trinajstić information content (AvgIpc) is 2.96. The number of methoxy groups -OCH3 is 1. The van der Waals surface area contributed by atoms with Crippen molar-refractivity contribution in [1.82, 2.24) is 4.90 Å². The van der Waals surface area contributed by atoms with Crippen molar-refractivity contribution < 1.29 is 18.7 Å². The highest BCUT2D eigenvalue weighted by Crippen LogP contribution is 2.65. The lowest BCUT2D eigenvalue weighted by molar-refractivity contribution is -0.156. The van der Waals surface area contributed by atoms with Gasteiger partial charge in [0.1, 0.15) is 0 Å². The van der Waals surface area contributed by atoms with Crippen molar-refractivity contribution in [3.63, 3.8) is 0 Å². The number of fused-ring (bicyclic) bond motifs is 5. The van der Waals surface area contributed by atoms with Gasteiger partial charge in [0.05, 0.1) is 13.0 Å². The van der Waals surface area contributed by atoms with Gasteiger partial charge in [0.2, 0.25) is 0 Å². The number of amides is 1. The molecule has 0 aromatic carbocycles. The van der Waals surface area contributed by atoms with Crippen LogP contribution in [0.4, 0.5) is 4.39 Å². The van der Waals surface area contributed by atoms with Crippen molar-refractivity contribution >= 4 is 11.9 Å². The lowest BCUT2D eigenvalue weighted by Gasteiger charge is -2.60. The van der Waals surface area contributed by atoms with Crippen LogP contribution in [0.25, 0.3) is 0 Å². The molecule has 0 saturated heterocycles. The standard InChI is InChI=1S/C21H30FNO3/c1-20-10-9-14-12(13(20)6-7-15(20)19(25)26-4)5-8-17-21(14,2)11-16(22)18(24)23(17)3/h11-15,17H,5-10H2,1-4H3. The molecule has 4 rings (SSSR count). The zero-order valence-electron chi connectivity index (χ0n) is 16.3. The van der Waals surface area contributed by atoms with Gasteiger partial charge in [-0.05, 0) is 67.8 Å². The molecule has 7 atom stereocenters. The van der Waals surface area contributed by atoms with Crippen molar-refractivity contribution in [2.24, 2.45) is 34.5 Å². The molecule has 0 radical (unpaired) electrons. The van der Waals surface area contributed by atoms with E-state index in [2.05, 4.69) is 13.8 Å². The Bertz CT molecular complexity index is 676. The molecular formula is C21H30FNO3. The number of esters is 1. The Morgan fingerprint density at radius 2 is 1.92 bits per heavy atom. The van der Waals surface area contributed by atoms with Gasteiger partial charge >= 0.3 is 5.97 Å². The minimum Gasteiger partial charge on any atom is -0.469 e. The van der Waals surface area contributed by atoms with Crippen LogP contribution in [-0.4, -0.2) is 37.0 Å². The minimum atomic E-state index is -0.598. The van der Waals surface area contributed by atoms with Gasteiger partial charge in [0, 0.05) is 18.5 Å². The number of likely N-dealkylation sites (N-methyl/N-ethyl adjacent to an activating group) is 1. The summed E-state index contributed by atoms with van der Waals surface area (Å²) < 4.78 is 19.5. The summed E-state index contributed by atoms with van der Waals surface area (Å²) >= 11 is 0. The van der Waals surface area contributed by atoms with Crippen LogP contribution in [0.5, 0.6) is 0 Å². The monoisotopic (exact) mass is 363 g/mol. The summed E-state index contributed by atoms with van der Waals surface area (Å²) in [6, 6.07) is 0.0814. The maximum atomic E-state index is 14.4. The van der Waals surface area contributed by atoms with Crippen molar-refractivity contribution in [2.75, 3.05) is 14.2 Å². The smallest absolute Gasteiger partial charge is 0.309 e. The lowest BCUT2D eigenvalue weighted by Crippen LogP contribution is -2.60. The van der Waals surface area contributed by atoms with Crippen molar-refractivity contribution in [2.45, 2.75) is 58.4 Å². The Hall–Kier alpha value is -1.39. The molecule has 1 amide bonds. The van der Waals surface area contributed by atoms with Gasteiger partial charge in [-0.1, -0.05) is 13.8 Å². The first-order valence-corrected chi connectivity index (χ1v) is 9.97. The first-order chi connectivity index (χ1) is 12.2. The number of nitrogens with zero attached hydrogens (tertiary/aromatic N) is 1. The van der Waals surface area contributed by atoms with E-state index in [1.165, 1.54) is 7.11 Å². The highest BCUT2D eigenvalue weighted by molar-refractivity contribution is 5.92. The number of halogens is 1. The number of hydrogen-bond acceptors (Lipinski definition) is 3. The molecule has 144 valence electrons. The van der Waals surface area contributed by atoms with Crippen LogP contribution in [0.3, 0.4) is 0 Å². The normalized spacial score (nSPS) is 47.6. The van der Waals surface area contributed by atoms with Crippen molar-refractivity contribution in [3.8, 4) is 0 Å². The van der Waals surface area contributed by atoms with Gasteiger partial charge in [0.15, 0.2) is 5.83 Å². The van der Waals surface area contributed by atoms with E-state index < -0.39 is 11.7 Å². The molecule has 3 saturated carbocycles. The number of carbonyl (C=O) groups excluding carboxylic acids is 2. The zero-order valence-corrected chi connectivity index (χ0v) is 16.3. The van der Waals surface area contributed by atoms with Crippen LogP contribution < -0.4 is 0 Å². The number of carbonyl (C=O) groups is 2.